The molecule has 2 aromatic heterocycles. The van der Waals surface area contributed by atoms with Crippen LogP contribution in [0.3, 0.4) is 0 Å². The number of aromatic nitrogens is 4. The van der Waals surface area contributed by atoms with Crippen LogP contribution in [0.5, 0.6) is 0 Å². The van der Waals surface area contributed by atoms with Crippen LogP contribution in [-0.4, -0.2) is 32.0 Å². The molecule has 144 valence electrons. The Morgan fingerprint density at radius 3 is 2.36 bits per heavy atom. The number of rotatable bonds is 6. The number of carbonyl (C=O) groups is 1. The zero-order chi connectivity index (χ0) is 20.1. The minimum Gasteiger partial charge on any atom is -0.349 e. The van der Waals surface area contributed by atoms with Gasteiger partial charge in [0.15, 0.2) is 0 Å². The topological polar surface area (TPSA) is 98.9 Å². The molecule has 28 heavy (non-hydrogen) atoms. The van der Waals surface area contributed by atoms with Gasteiger partial charge in [0.25, 0.3) is 17.0 Å². The van der Waals surface area contributed by atoms with E-state index in [-0.39, 0.29) is 35.7 Å². The summed E-state index contributed by atoms with van der Waals surface area (Å²) in [5.74, 6) is -0.812. The largest absolute Gasteiger partial charge is 0.349 e. The van der Waals surface area contributed by atoms with Crippen molar-refractivity contribution in [2.75, 3.05) is 6.54 Å². The van der Waals surface area contributed by atoms with E-state index in [9.17, 15) is 18.8 Å². The molecular weight excluding hydrogens is 365 g/mol. The Kier molecular flexibility index (Phi) is 5.73. The van der Waals surface area contributed by atoms with Crippen LogP contribution in [0, 0.1) is 5.82 Å². The lowest BCUT2D eigenvalue weighted by molar-refractivity contribution is 0.0944. The van der Waals surface area contributed by atoms with E-state index in [1.807, 2.05) is 0 Å². The van der Waals surface area contributed by atoms with Gasteiger partial charge in [0, 0.05) is 30.8 Å². The Morgan fingerprint density at radius 1 is 0.964 bits per heavy atom. The second kappa shape index (κ2) is 8.38. The maximum atomic E-state index is 13.1. The molecule has 0 bridgehead atoms. The maximum absolute atomic E-state index is 13.1. The Labute approximate surface area is 159 Å². The molecule has 8 nitrogen and oxygen atoms in total. The van der Waals surface area contributed by atoms with E-state index in [1.54, 1.807) is 25.1 Å². The van der Waals surface area contributed by atoms with Gasteiger partial charge in [-0.1, -0.05) is 0 Å². The second-order valence-corrected chi connectivity index (χ2v) is 5.92. The van der Waals surface area contributed by atoms with Gasteiger partial charge >= 0.3 is 0 Å². The highest BCUT2D eigenvalue weighted by molar-refractivity contribution is 5.91. The molecule has 0 aliphatic rings. The van der Waals surface area contributed by atoms with Crippen molar-refractivity contribution in [1.29, 1.82) is 0 Å². The molecule has 3 aromatic rings. The minimum absolute atomic E-state index is 0.113. The number of carbonyl (C=O) groups excluding carboxylic acids is 1. The van der Waals surface area contributed by atoms with Gasteiger partial charge < -0.3 is 5.32 Å². The molecule has 2 heterocycles. The molecule has 0 unspecified atom stereocenters. The Balaban J connectivity index is 1.68. The molecule has 1 aromatic carbocycles. The average molecular weight is 383 g/mol. The van der Waals surface area contributed by atoms with Crippen LogP contribution in [0.15, 0.2) is 58.1 Å². The Bertz CT molecular complexity index is 1110. The summed E-state index contributed by atoms with van der Waals surface area (Å²) >= 11 is 0. The Morgan fingerprint density at radius 2 is 1.64 bits per heavy atom. The molecule has 1 amide bonds. The van der Waals surface area contributed by atoms with Gasteiger partial charge in [-0.15, -0.1) is 0 Å². The van der Waals surface area contributed by atoms with Crippen molar-refractivity contribution in [2.45, 2.75) is 20.0 Å². The zero-order valence-electron chi connectivity index (χ0n) is 15.1. The van der Waals surface area contributed by atoms with E-state index in [0.717, 1.165) is 0 Å². The fraction of sp³-hybridized carbons (Fsp3) is 0.211. The highest BCUT2D eigenvalue weighted by atomic mass is 19.1. The normalized spacial score (nSPS) is 10.6. The molecule has 0 aliphatic carbocycles. The lowest BCUT2D eigenvalue weighted by atomic mass is 10.1. The van der Waals surface area contributed by atoms with Crippen molar-refractivity contribution in [3.63, 3.8) is 0 Å². The molecule has 1 N–H and O–H groups in total. The minimum atomic E-state index is -0.454. The monoisotopic (exact) mass is 383 g/mol. The SMILES string of the molecule is CCn1nc(C(=O)NCCn2nc(-c3ccc(F)cc3)ccc2=O)ccc1=O. The molecule has 0 aliphatic heterocycles. The molecule has 9 heteroatoms. The van der Waals surface area contributed by atoms with E-state index in [0.29, 0.717) is 17.8 Å². The van der Waals surface area contributed by atoms with Gasteiger partial charge in [-0.3, -0.25) is 14.4 Å². The molecule has 0 saturated carbocycles. The summed E-state index contributed by atoms with van der Waals surface area (Å²) in [6, 6.07) is 11.3. The van der Waals surface area contributed by atoms with Crippen LogP contribution in [0.2, 0.25) is 0 Å². The van der Waals surface area contributed by atoms with Crippen LogP contribution in [0.1, 0.15) is 17.4 Å². The number of amides is 1. The van der Waals surface area contributed by atoms with Crippen LogP contribution in [-0.2, 0) is 13.1 Å². The number of aryl methyl sites for hydroxylation is 1. The number of halogens is 1. The highest BCUT2D eigenvalue weighted by Gasteiger charge is 2.09. The molecule has 3 rings (SSSR count). The molecular formula is C19H18FN5O3. The van der Waals surface area contributed by atoms with Crippen molar-refractivity contribution >= 4 is 5.91 Å². The second-order valence-electron chi connectivity index (χ2n) is 5.92. The maximum Gasteiger partial charge on any atom is 0.271 e. The highest BCUT2D eigenvalue weighted by Crippen LogP contribution is 2.15. The summed E-state index contributed by atoms with van der Waals surface area (Å²) in [6.45, 7) is 2.40. The first-order valence-corrected chi connectivity index (χ1v) is 8.68. The summed E-state index contributed by atoms with van der Waals surface area (Å²) in [5.41, 5.74) is 0.694. The Hall–Kier alpha value is -3.62. The van der Waals surface area contributed by atoms with E-state index < -0.39 is 5.91 Å². The van der Waals surface area contributed by atoms with Crippen LogP contribution >= 0.6 is 0 Å². The van der Waals surface area contributed by atoms with Crippen molar-refractivity contribution in [3.05, 3.63) is 80.7 Å². The van der Waals surface area contributed by atoms with E-state index in [2.05, 4.69) is 15.5 Å². The van der Waals surface area contributed by atoms with Crippen molar-refractivity contribution in [2.24, 2.45) is 0 Å². The van der Waals surface area contributed by atoms with Crippen molar-refractivity contribution in [3.8, 4) is 11.3 Å². The summed E-state index contributed by atoms with van der Waals surface area (Å²) in [7, 11) is 0. The molecule has 0 atom stereocenters. The first-order chi connectivity index (χ1) is 13.5. The standard InChI is InChI=1S/C19H18FN5O3/c1-2-24-17(26)10-8-16(23-24)19(28)21-11-12-25-18(27)9-7-15(22-25)13-3-5-14(20)6-4-13/h3-10H,2,11-12H2,1H3,(H,21,28). The first kappa shape index (κ1) is 19.2. The molecule has 0 spiro atoms. The molecule has 0 radical (unpaired) electrons. The summed E-state index contributed by atoms with van der Waals surface area (Å²) < 4.78 is 15.5. The predicted molar refractivity (Wildman–Crippen MR) is 100 cm³/mol. The quantitative estimate of drug-likeness (QED) is 0.686. The van der Waals surface area contributed by atoms with E-state index >= 15 is 0 Å². The number of hydrogen-bond donors (Lipinski definition) is 1. The number of nitrogens with zero attached hydrogens (tertiary/aromatic N) is 4. The lowest BCUT2D eigenvalue weighted by Gasteiger charge is -2.09. The zero-order valence-corrected chi connectivity index (χ0v) is 15.1. The van der Waals surface area contributed by atoms with Crippen molar-refractivity contribution in [1.82, 2.24) is 24.9 Å². The van der Waals surface area contributed by atoms with Gasteiger partial charge in [0.1, 0.15) is 11.5 Å². The molecule has 0 fully saturated rings. The third-order valence-corrected chi connectivity index (χ3v) is 4.01. The predicted octanol–water partition coefficient (Wildman–Crippen LogP) is 1.06. The van der Waals surface area contributed by atoms with Crippen LogP contribution in [0.4, 0.5) is 4.39 Å². The average Bonchev–Trinajstić information content (AvgIpc) is 2.70. The van der Waals surface area contributed by atoms with Gasteiger partial charge in [-0.2, -0.15) is 10.2 Å². The third-order valence-electron chi connectivity index (χ3n) is 4.01. The summed E-state index contributed by atoms with van der Waals surface area (Å²) in [5, 5.41) is 10.9. The van der Waals surface area contributed by atoms with Crippen LogP contribution in [0.25, 0.3) is 11.3 Å². The lowest BCUT2D eigenvalue weighted by Crippen LogP contribution is -2.33. The van der Waals surface area contributed by atoms with E-state index in [4.69, 9.17) is 0 Å². The third kappa shape index (κ3) is 4.37. The summed E-state index contributed by atoms with van der Waals surface area (Å²) in [4.78, 5) is 35.7. The fourth-order valence-electron chi connectivity index (χ4n) is 2.55. The van der Waals surface area contributed by atoms with Gasteiger partial charge in [0.2, 0.25) is 0 Å². The van der Waals surface area contributed by atoms with Gasteiger partial charge in [-0.25, -0.2) is 13.8 Å². The van der Waals surface area contributed by atoms with Gasteiger partial charge in [-0.05, 0) is 43.3 Å². The number of nitrogens with one attached hydrogen (secondary N) is 1. The fourth-order valence-corrected chi connectivity index (χ4v) is 2.55. The number of hydrogen-bond acceptors (Lipinski definition) is 5. The van der Waals surface area contributed by atoms with Gasteiger partial charge in [0.05, 0.1) is 12.2 Å². The van der Waals surface area contributed by atoms with E-state index in [1.165, 1.54) is 39.7 Å². The summed E-state index contributed by atoms with van der Waals surface area (Å²) in [6.07, 6.45) is 0. The van der Waals surface area contributed by atoms with Crippen molar-refractivity contribution < 1.29 is 9.18 Å². The molecule has 0 saturated heterocycles. The number of benzene rings is 1. The first-order valence-electron chi connectivity index (χ1n) is 8.68. The smallest absolute Gasteiger partial charge is 0.271 e. The van der Waals surface area contributed by atoms with Crippen LogP contribution < -0.4 is 16.4 Å².